The maximum atomic E-state index is 12.3. The van der Waals surface area contributed by atoms with Crippen LogP contribution in [0.25, 0.3) is 10.2 Å². The average Bonchev–Trinajstić information content (AvgIpc) is 3.04. The second kappa shape index (κ2) is 5.24. The molecule has 0 fully saturated rings. The molecule has 1 aromatic carbocycles. The lowest BCUT2D eigenvalue weighted by molar-refractivity contribution is 0.598. The van der Waals surface area contributed by atoms with Gasteiger partial charge in [-0.2, -0.15) is 8.42 Å². The molecule has 3 aromatic rings. The topological polar surface area (TPSA) is 51.4 Å². The number of hydrogen-bond acceptors (Lipinski definition) is 4. The molecule has 0 saturated carbocycles. The van der Waals surface area contributed by atoms with E-state index in [1.807, 2.05) is 19.1 Å². The number of hydrogen-bond donors (Lipinski definition) is 0. The van der Waals surface area contributed by atoms with E-state index < -0.39 is 10.0 Å². The molecular weight excluding hydrogens is 348 g/mol. The van der Waals surface area contributed by atoms with Crippen LogP contribution in [0.2, 0.25) is 5.02 Å². The maximum Gasteiger partial charge on any atom is 0.294 e. The van der Waals surface area contributed by atoms with Crippen LogP contribution in [0.3, 0.4) is 0 Å². The molecule has 0 spiro atoms. The lowest BCUT2D eigenvalue weighted by atomic mass is 10.2. The Labute approximate surface area is 135 Å². The Kier molecular flexibility index (Phi) is 3.69. The number of aryl methyl sites for hydroxylation is 2. The van der Waals surface area contributed by atoms with Crippen LogP contribution >= 0.6 is 34.3 Å². The predicted octanol–water partition coefficient (Wildman–Crippen LogP) is 3.55. The molecule has 0 aliphatic rings. The second-order valence-corrected chi connectivity index (χ2v) is 8.66. The third kappa shape index (κ3) is 2.55. The van der Waals surface area contributed by atoms with Crippen LogP contribution in [-0.4, -0.2) is 13.0 Å². The summed E-state index contributed by atoms with van der Waals surface area (Å²) in [6.45, 7) is 1.91. The fraction of sp³-hybridized carbons (Fsp3) is 0.154. The Hall–Kier alpha value is -1.15. The van der Waals surface area contributed by atoms with Gasteiger partial charge in [0.25, 0.3) is 10.0 Å². The van der Waals surface area contributed by atoms with Crippen molar-refractivity contribution in [2.75, 3.05) is 0 Å². The molecule has 0 aliphatic heterocycles. The molecule has 0 atom stereocenters. The van der Waals surface area contributed by atoms with E-state index in [1.165, 1.54) is 11.3 Å². The number of nitrogens with zero attached hydrogens (tertiary/aromatic N) is 2. The number of thiazole rings is 1. The van der Waals surface area contributed by atoms with Crippen LogP contribution in [-0.2, 0) is 17.1 Å². The van der Waals surface area contributed by atoms with Gasteiger partial charge in [-0.25, -0.2) is 0 Å². The molecule has 0 aliphatic carbocycles. The zero-order valence-corrected chi connectivity index (χ0v) is 14.4. The summed E-state index contributed by atoms with van der Waals surface area (Å²) in [6, 6.07) is 6.94. The van der Waals surface area contributed by atoms with Gasteiger partial charge in [-0.1, -0.05) is 29.0 Å². The third-order valence-corrected chi connectivity index (χ3v) is 7.36. The maximum absolute atomic E-state index is 12.3. The van der Waals surface area contributed by atoms with Crippen molar-refractivity contribution in [2.45, 2.75) is 11.1 Å². The summed E-state index contributed by atoms with van der Waals surface area (Å²) in [5.41, 5.74) is 1.83. The van der Waals surface area contributed by atoms with Gasteiger partial charge < -0.3 is 4.57 Å². The van der Waals surface area contributed by atoms with Crippen LogP contribution in [0, 0.1) is 6.92 Å². The number of rotatable bonds is 2. The van der Waals surface area contributed by atoms with Crippen molar-refractivity contribution in [2.24, 2.45) is 11.4 Å². The summed E-state index contributed by atoms with van der Waals surface area (Å²) in [5, 5.41) is 2.38. The van der Waals surface area contributed by atoms with Crippen molar-refractivity contribution in [1.82, 2.24) is 4.57 Å². The van der Waals surface area contributed by atoms with Crippen LogP contribution < -0.4 is 4.80 Å². The molecular formula is C13H11ClN2O2S3. The monoisotopic (exact) mass is 358 g/mol. The first-order chi connectivity index (χ1) is 9.90. The molecule has 0 bridgehead atoms. The van der Waals surface area contributed by atoms with Crippen molar-refractivity contribution >= 4 is 54.5 Å². The zero-order chi connectivity index (χ0) is 15.2. The zero-order valence-electron chi connectivity index (χ0n) is 11.2. The fourth-order valence-electron chi connectivity index (χ4n) is 2.05. The number of halogens is 1. The van der Waals surface area contributed by atoms with Crippen LogP contribution in [0.1, 0.15) is 5.56 Å². The lowest BCUT2D eigenvalue weighted by Crippen LogP contribution is -2.13. The van der Waals surface area contributed by atoms with E-state index in [0.29, 0.717) is 9.82 Å². The molecule has 0 saturated heterocycles. The van der Waals surface area contributed by atoms with E-state index >= 15 is 0 Å². The standard InChI is InChI=1S/C13H11ClN2O2S3/c1-8-9(14)5-6-10-12(8)16(2)13(20-10)15-21(17,18)11-4-3-7-19-11/h3-7H,1-2H3. The molecule has 2 heterocycles. The number of benzene rings is 1. The van der Waals surface area contributed by atoms with Gasteiger partial charge in [0, 0.05) is 12.1 Å². The van der Waals surface area contributed by atoms with Crippen molar-refractivity contribution in [1.29, 1.82) is 0 Å². The first kappa shape index (κ1) is 14.8. The Morgan fingerprint density at radius 1 is 1.29 bits per heavy atom. The summed E-state index contributed by atoms with van der Waals surface area (Å²) in [7, 11) is -1.87. The van der Waals surface area contributed by atoms with Crippen LogP contribution in [0.4, 0.5) is 0 Å². The van der Waals surface area contributed by atoms with E-state index in [4.69, 9.17) is 11.6 Å². The molecule has 0 amide bonds. The minimum absolute atomic E-state index is 0.245. The summed E-state index contributed by atoms with van der Waals surface area (Å²) >= 11 is 8.62. The largest absolute Gasteiger partial charge is 0.319 e. The lowest BCUT2D eigenvalue weighted by Gasteiger charge is -2.02. The highest BCUT2D eigenvalue weighted by Gasteiger charge is 2.15. The molecule has 0 unspecified atom stereocenters. The van der Waals surface area contributed by atoms with Gasteiger partial charge in [-0.3, -0.25) is 0 Å². The first-order valence-corrected chi connectivity index (χ1v) is 9.51. The summed E-state index contributed by atoms with van der Waals surface area (Å²) < 4.78 is 31.4. The molecule has 4 nitrogen and oxygen atoms in total. The Balaban J connectivity index is 2.30. The normalized spacial score (nSPS) is 13.2. The number of aromatic nitrogens is 1. The summed E-state index contributed by atoms with van der Waals surface area (Å²) in [4.78, 5) is 0.434. The SMILES string of the molecule is Cc1c(Cl)ccc2sc(=NS(=O)(=O)c3cccs3)n(C)c12. The highest BCUT2D eigenvalue weighted by Crippen LogP contribution is 2.27. The van der Waals surface area contributed by atoms with Gasteiger partial charge in [0.15, 0.2) is 0 Å². The van der Waals surface area contributed by atoms with Gasteiger partial charge in [-0.05, 0) is 36.1 Å². The van der Waals surface area contributed by atoms with Crippen molar-refractivity contribution in [3.8, 4) is 0 Å². The minimum atomic E-state index is -3.66. The Bertz CT molecular complexity index is 983. The fourth-order valence-corrected chi connectivity index (χ4v) is 5.48. The molecule has 2 aromatic heterocycles. The van der Waals surface area contributed by atoms with E-state index in [1.54, 1.807) is 29.1 Å². The van der Waals surface area contributed by atoms with Gasteiger partial charge in [0.2, 0.25) is 4.80 Å². The highest BCUT2D eigenvalue weighted by atomic mass is 35.5. The van der Waals surface area contributed by atoms with Gasteiger partial charge in [0.1, 0.15) is 4.21 Å². The molecule has 21 heavy (non-hydrogen) atoms. The van der Waals surface area contributed by atoms with Crippen molar-refractivity contribution in [3.05, 3.63) is 45.0 Å². The van der Waals surface area contributed by atoms with Gasteiger partial charge in [-0.15, -0.1) is 15.7 Å². The Morgan fingerprint density at radius 3 is 2.71 bits per heavy atom. The van der Waals surface area contributed by atoms with Gasteiger partial charge in [0.05, 0.1) is 10.2 Å². The molecule has 3 rings (SSSR count). The minimum Gasteiger partial charge on any atom is -0.319 e. The smallest absolute Gasteiger partial charge is 0.294 e. The van der Waals surface area contributed by atoms with Crippen molar-refractivity contribution < 1.29 is 8.42 Å². The molecule has 0 radical (unpaired) electrons. The summed E-state index contributed by atoms with van der Waals surface area (Å²) in [6.07, 6.45) is 0. The molecule has 8 heteroatoms. The Morgan fingerprint density at radius 2 is 2.05 bits per heavy atom. The van der Waals surface area contributed by atoms with Gasteiger partial charge >= 0.3 is 0 Å². The first-order valence-electron chi connectivity index (χ1n) is 5.99. The van der Waals surface area contributed by atoms with E-state index in [0.717, 1.165) is 27.1 Å². The molecule has 110 valence electrons. The van der Waals surface area contributed by atoms with E-state index in [9.17, 15) is 8.42 Å². The van der Waals surface area contributed by atoms with E-state index in [2.05, 4.69) is 4.40 Å². The van der Waals surface area contributed by atoms with Crippen LogP contribution in [0.15, 0.2) is 38.3 Å². The van der Waals surface area contributed by atoms with Crippen molar-refractivity contribution in [3.63, 3.8) is 0 Å². The number of fused-ring (bicyclic) bond motifs is 1. The molecule has 0 N–H and O–H groups in total. The third-order valence-electron chi connectivity index (χ3n) is 3.10. The average molecular weight is 359 g/mol. The number of thiophene rings is 1. The highest BCUT2D eigenvalue weighted by molar-refractivity contribution is 7.92. The second-order valence-electron chi connectivity index (χ2n) is 4.46. The summed E-state index contributed by atoms with van der Waals surface area (Å²) in [5.74, 6) is 0. The van der Waals surface area contributed by atoms with E-state index in [-0.39, 0.29) is 4.21 Å². The predicted molar refractivity (Wildman–Crippen MR) is 87.6 cm³/mol. The number of sulfonamides is 1. The quantitative estimate of drug-likeness (QED) is 0.703. The van der Waals surface area contributed by atoms with Crippen LogP contribution in [0.5, 0.6) is 0 Å².